The average Bonchev–Trinajstić information content (AvgIpc) is 3.74. The van der Waals surface area contributed by atoms with E-state index >= 15 is 0 Å². The summed E-state index contributed by atoms with van der Waals surface area (Å²) in [6.07, 6.45) is 6.28. The van der Waals surface area contributed by atoms with E-state index in [1.165, 1.54) is 22.3 Å². The zero-order valence-electron chi connectivity index (χ0n) is 24.7. The van der Waals surface area contributed by atoms with Gasteiger partial charge < -0.3 is 0 Å². The van der Waals surface area contributed by atoms with E-state index in [0.29, 0.717) is 17.9 Å². The van der Waals surface area contributed by atoms with Gasteiger partial charge in [-0.05, 0) is 60.8 Å². The number of nitrogens with zero attached hydrogens (tertiary/aromatic N) is 2. The fourth-order valence-electron chi connectivity index (χ4n) is 7.33. The van der Waals surface area contributed by atoms with Crippen molar-refractivity contribution in [3.8, 4) is 0 Å². The summed E-state index contributed by atoms with van der Waals surface area (Å²) in [5.74, 6) is 0.938. The van der Waals surface area contributed by atoms with E-state index in [0.717, 1.165) is 64.7 Å². The molecule has 0 bridgehead atoms. The van der Waals surface area contributed by atoms with Crippen LogP contribution < -0.4 is 0 Å². The van der Waals surface area contributed by atoms with E-state index in [9.17, 15) is 4.79 Å². The molecule has 3 heteroatoms. The molecule has 216 valence electrons. The van der Waals surface area contributed by atoms with Crippen LogP contribution in [-0.4, -0.2) is 27.7 Å². The molecule has 2 saturated carbocycles. The first kappa shape index (κ1) is 28.6. The second kappa shape index (κ2) is 14.1. The summed E-state index contributed by atoms with van der Waals surface area (Å²) in [7, 11) is 0. The SMILES string of the molecule is O=C(C1CC[C@@H](N(Cc2ccccc2)Cc2ccccc2)C1)C1CC[C@@H](N(Cc2ccccc2)Cc2ccccc2)C1. The van der Waals surface area contributed by atoms with Crippen LogP contribution in [0, 0.1) is 11.8 Å². The van der Waals surface area contributed by atoms with Gasteiger partial charge in [-0.15, -0.1) is 0 Å². The highest BCUT2D eigenvalue weighted by Crippen LogP contribution is 2.39. The Hall–Kier alpha value is -3.53. The van der Waals surface area contributed by atoms with Crippen molar-refractivity contribution in [3.63, 3.8) is 0 Å². The van der Waals surface area contributed by atoms with E-state index < -0.39 is 0 Å². The molecular formula is C39H44N2O. The Morgan fingerprint density at radius 2 is 0.738 bits per heavy atom. The fraction of sp³-hybridized carbons (Fsp3) is 0.359. The summed E-state index contributed by atoms with van der Waals surface area (Å²) in [6, 6.07) is 44.1. The molecule has 0 heterocycles. The van der Waals surface area contributed by atoms with Crippen molar-refractivity contribution in [3.05, 3.63) is 144 Å². The van der Waals surface area contributed by atoms with E-state index in [-0.39, 0.29) is 11.8 Å². The zero-order valence-corrected chi connectivity index (χ0v) is 24.7. The van der Waals surface area contributed by atoms with Crippen molar-refractivity contribution >= 4 is 5.78 Å². The third-order valence-corrected chi connectivity index (χ3v) is 9.56. The van der Waals surface area contributed by atoms with Crippen molar-refractivity contribution < 1.29 is 4.79 Å². The average molecular weight is 557 g/mol. The monoisotopic (exact) mass is 556 g/mol. The lowest BCUT2D eigenvalue weighted by Crippen LogP contribution is -2.34. The third kappa shape index (κ3) is 7.45. The highest BCUT2D eigenvalue weighted by Gasteiger charge is 2.40. The number of rotatable bonds is 12. The van der Waals surface area contributed by atoms with Crippen molar-refractivity contribution in [2.24, 2.45) is 11.8 Å². The molecule has 2 aliphatic rings. The van der Waals surface area contributed by atoms with Crippen LogP contribution in [0.4, 0.5) is 0 Å². The molecule has 4 aromatic carbocycles. The summed E-state index contributed by atoms with van der Waals surface area (Å²) in [4.78, 5) is 19.2. The Kier molecular flexibility index (Phi) is 9.59. The molecule has 0 amide bonds. The number of Topliss-reactive ketones (excluding diaryl/α,β-unsaturated/α-hetero) is 1. The number of hydrogen-bond acceptors (Lipinski definition) is 3. The lowest BCUT2D eigenvalue weighted by atomic mass is 9.90. The van der Waals surface area contributed by atoms with Crippen molar-refractivity contribution in [1.82, 2.24) is 9.80 Å². The van der Waals surface area contributed by atoms with Gasteiger partial charge in [-0.1, -0.05) is 121 Å². The standard InChI is InChI=1S/C39H44N2O/c42-39(35-21-23-37(25-35)40(27-31-13-5-1-6-14-31)28-32-15-7-2-8-16-32)36-22-24-38(26-36)41(29-33-17-9-3-10-18-33)30-34-19-11-4-12-20-34/h1-20,35-38H,21-30H2/t35?,36?,37-,38-/m1/s1. The van der Waals surface area contributed by atoms with Gasteiger partial charge in [0.2, 0.25) is 0 Å². The number of carbonyl (C=O) groups excluding carboxylic acids is 1. The Morgan fingerprint density at radius 1 is 0.452 bits per heavy atom. The predicted molar refractivity (Wildman–Crippen MR) is 172 cm³/mol. The van der Waals surface area contributed by atoms with E-state index in [2.05, 4.69) is 131 Å². The third-order valence-electron chi connectivity index (χ3n) is 9.56. The van der Waals surface area contributed by atoms with Gasteiger partial charge in [0, 0.05) is 50.1 Å². The highest BCUT2D eigenvalue weighted by atomic mass is 16.1. The Labute approximate surface area is 252 Å². The lowest BCUT2D eigenvalue weighted by molar-refractivity contribution is -0.126. The largest absolute Gasteiger partial charge is 0.299 e. The van der Waals surface area contributed by atoms with Gasteiger partial charge in [0.05, 0.1) is 0 Å². The maximum absolute atomic E-state index is 14.0. The smallest absolute Gasteiger partial charge is 0.139 e. The number of hydrogen-bond donors (Lipinski definition) is 0. The number of ketones is 1. The quantitative estimate of drug-likeness (QED) is 0.175. The van der Waals surface area contributed by atoms with Crippen LogP contribution in [0.5, 0.6) is 0 Å². The molecule has 2 unspecified atom stereocenters. The maximum Gasteiger partial charge on any atom is 0.139 e. The minimum atomic E-state index is 0.199. The normalized spacial score (nSPS) is 22.1. The molecule has 0 N–H and O–H groups in total. The second-order valence-corrected chi connectivity index (χ2v) is 12.5. The Balaban J connectivity index is 1.10. The lowest BCUT2D eigenvalue weighted by Gasteiger charge is -2.30. The Bertz CT molecular complexity index is 1190. The first-order valence-corrected chi connectivity index (χ1v) is 15.9. The van der Waals surface area contributed by atoms with Crippen molar-refractivity contribution in [2.75, 3.05) is 0 Å². The fourth-order valence-corrected chi connectivity index (χ4v) is 7.33. The molecule has 42 heavy (non-hydrogen) atoms. The first-order valence-electron chi connectivity index (χ1n) is 15.9. The van der Waals surface area contributed by atoms with Crippen LogP contribution in [-0.2, 0) is 31.0 Å². The van der Waals surface area contributed by atoms with Gasteiger partial charge in [-0.3, -0.25) is 14.6 Å². The minimum absolute atomic E-state index is 0.199. The van der Waals surface area contributed by atoms with Crippen molar-refractivity contribution in [2.45, 2.75) is 76.8 Å². The van der Waals surface area contributed by atoms with Crippen molar-refractivity contribution in [1.29, 1.82) is 0 Å². The predicted octanol–water partition coefficient (Wildman–Crippen LogP) is 8.30. The van der Waals surface area contributed by atoms with E-state index in [4.69, 9.17) is 0 Å². The first-order chi connectivity index (χ1) is 20.7. The molecule has 3 nitrogen and oxygen atoms in total. The summed E-state index contributed by atoms with van der Waals surface area (Å²) >= 11 is 0. The van der Waals surface area contributed by atoms with Crippen LogP contribution in [0.2, 0.25) is 0 Å². The topological polar surface area (TPSA) is 23.6 Å². The summed E-state index contributed by atoms with van der Waals surface area (Å²) in [5, 5.41) is 0. The molecule has 2 fully saturated rings. The molecule has 0 aliphatic heterocycles. The van der Waals surface area contributed by atoms with Crippen LogP contribution in [0.15, 0.2) is 121 Å². The second-order valence-electron chi connectivity index (χ2n) is 12.5. The molecule has 0 spiro atoms. The van der Waals surface area contributed by atoms with Gasteiger partial charge in [0.1, 0.15) is 5.78 Å². The Morgan fingerprint density at radius 3 is 1.02 bits per heavy atom. The summed E-state index contributed by atoms with van der Waals surface area (Å²) < 4.78 is 0. The van der Waals surface area contributed by atoms with Gasteiger partial charge >= 0.3 is 0 Å². The highest BCUT2D eigenvalue weighted by molar-refractivity contribution is 5.84. The molecule has 2 aliphatic carbocycles. The van der Waals surface area contributed by atoms with Gasteiger partial charge in [0.25, 0.3) is 0 Å². The van der Waals surface area contributed by atoms with Crippen LogP contribution >= 0.6 is 0 Å². The minimum Gasteiger partial charge on any atom is -0.299 e. The number of carbonyl (C=O) groups is 1. The molecule has 4 atom stereocenters. The molecule has 4 aromatic rings. The molecular weight excluding hydrogens is 512 g/mol. The van der Waals surface area contributed by atoms with E-state index in [1.807, 2.05) is 0 Å². The molecule has 0 radical (unpaired) electrons. The summed E-state index contributed by atoms with van der Waals surface area (Å²) in [6.45, 7) is 3.73. The molecule has 0 aromatic heterocycles. The molecule has 6 rings (SSSR count). The van der Waals surface area contributed by atoms with Gasteiger partial charge in [-0.25, -0.2) is 0 Å². The molecule has 0 saturated heterocycles. The summed E-state index contributed by atoms with van der Waals surface area (Å²) in [5.41, 5.74) is 5.38. The van der Waals surface area contributed by atoms with Gasteiger partial charge in [0.15, 0.2) is 0 Å². The van der Waals surface area contributed by atoms with Crippen LogP contribution in [0.1, 0.15) is 60.8 Å². The van der Waals surface area contributed by atoms with E-state index in [1.54, 1.807) is 0 Å². The maximum atomic E-state index is 14.0. The van der Waals surface area contributed by atoms with Crippen LogP contribution in [0.25, 0.3) is 0 Å². The van der Waals surface area contributed by atoms with Crippen LogP contribution in [0.3, 0.4) is 0 Å². The van der Waals surface area contributed by atoms with Gasteiger partial charge in [-0.2, -0.15) is 0 Å². The zero-order chi connectivity index (χ0) is 28.6. The number of benzene rings is 4.